The van der Waals surface area contributed by atoms with Crippen LogP contribution in [0.15, 0.2) is 12.1 Å². The zero-order valence-electron chi connectivity index (χ0n) is 15.5. The summed E-state index contributed by atoms with van der Waals surface area (Å²) in [5, 5.41) is 13.5. The highest BCUT2D eigenvalue weighted by molar-refractivity contribution is 6.31. The Morgan fingerprint density at radius 1 is 1.33 bits per heavy atom. The minimum atomic E-state index is -4.42. The van der Waals surface area contributed by atoms with Crippen LogP contribution in [0.2, 0.25) is 5.02 Å². The van der Waals surface area contributed by atoms with Gasteiger partial charge in [0.15, 0.2) is 0 Å². The molecule has 2 atom stereocenters. The van der Waals surface area contributed by atoms with Crippen LogP contribution in [0.1, 0.15) is 24.4 Å². The molecule has 6 nitrogen and oxygen atoms in total. The van der Waals surface area contributed by atoms with Crippen molar-refractivity contribution < 1.29 is 36.6 Å². The maximum atomic E-state index is 14.6. The molecule has 3 rings (SSSR count). The fourth-order valence-electron chi connectivity index (χ4n) is 3.79. The summed E-state index contributed by atoms with van der Waals surface area (Å²) in [6.07, 6.45) is -5.13. The number of urea groups is 1. The summed E-state index contributed by atoms with van der Waals surface area (Å²) < 4.78 is 66.9. The average Bonchev–Trinajstić information content (AvgIpc) is 2.63. The first-order valence-corrected chi connectivity index (χ1v) is 9.58. The molecule has 1 saturated carbocycles. The topological polar surface area (TPSA) is 81.7 Å². The number of alkyl halides is 3. The number of carbonyl (C=O) groups excluding carboxylic acids is 2. The van der Waals surface area contributed by atoms with E-state index in [1.165, 1.54) is 0 Å². The number of nitrogens with one attached hydrogen (secondary N) is 2. The van der Waals surface area contributed by atoms with Crippen molar-refractivity contribution in [2.75, 3.05) is 19.7 Å². The summed E-state index contributed by atoms with van der Waals surface area (Å²) in [6, 6.07) is -1.38. The Labute approximate surface area is 173 Å². The number of carbonyl (C=O) groups is 2. The Balaban J connectivity index is 1.86. The quantitative estimate of drug-likeness (QED) is 0.482. The molecule has 1 aromatic carbocycles. The van der Waals surface area contributed by atoms with E-state index in [2.05, 4.69) is 10.6 Å². The molecular weight excluding hydrogens is 437 g/mol. The highest BCUT2D eigenvalue weighted by Gasteiger charge is 2.51. The van der Waals surface area contributed by atoms with Crippen molar-refractivity contribution in [1.82, 2.24) is 15.5 Å². The maximum absolute atomic E-state index is 14.6. The molecule has 1 heterocycles. The van der Waals surface area contributed by atoms with Gasteiger partial charge in [0.05, 0.1) is 18.6 Å². The second kappa shape index (κ2) is 8.54. The van der Waals surface area contributed by atoms with Crippen molar-refractivity contribution >= 4 is 23.5 Å². The van der Waals surface area contributed by atoms with Gasteiger partial charge in [-0.3, -0.25) is 4.79 Å². The Morgan fingerprint density at radius 2 is 2.00 bits per heavy atom. The Kier molecular flexibility index (Phi) is 6.42. The van der Waals surface area contributed by atoms with E-state index >= 15 is 0 Å². The minimum Gasteiger partial charge on any atom is -0.394 e. The molecular formula is C18H19ClF5N3O3. The molecule has 3 amide bonds. The van der Waals surface area contributed by atoms with E-state index in [1.807, 2.05) is 0 Å². The van der Waals surface area contributed by atoms with Crippen LogP contribution >= 0.6 is 11.6 Å². The Hall–Kier alpha value is -2.14. The average molecular weight is 456 g/mol. The van der Waals surface area contributed by atoms with E-state index in [0.717, 1.165) is 17.0 Å². The molecule has 0 spiro atoms. The number of aliphatic hydroxyl groups excluding tert-OH is 1. The van der Waals surface area contributed by atoms with Crippen molar-refractivity contribution in [3.63, 3.8) is 0 Å². The molecule has 12 heteroatoms. The number of piperazine rings is 1. The van der Waals surface area contributed by atoms with E-state index in [4.69, 9.17) is 11.6 Å². The molecule has 1 saturated heterocycles. The van der Waals surface area contributed by atoms with E-state index in [9.17, 15) is 36.6 Å². The van der Waals surface area contributed by atoms with Gasteiger partial charge in [0.2, 0.25) is 5.91 Å². The summed E-state index contributed by atoms with van der Waals surface area (Å²) in [7, 11) is 0. The molecule has 2 fully saturated rings. The summed E-state index contributed by atoms with van der Waals surface area (Å²) in [6.45, 7) is -0.512. The fraction of sp³-hybridized carbons (Fsp3) is 0.556. The van der Waals surface area contributed by atoms with Crippen LogP contribution in [0.25, 0.3) is 0 Å². The molecule has 1 aliphatic heterocycles. The number of aliphatic hydroxyl groups is 1. The first kappa shape index (κ1) is 22.5. The number of nitrogens with zero attached hydrogens (tertiary/aromatic N) is 1. The van der Waals surface area contributed by atoms with Gasteiger partial charge in [-0.2, -0.15) is 13.2 Å². The third-order valence-electron chi connectivity index (χ3n) is 5.55. The lowest BCUT2D eigenvalue weighted by molar-refractivity contribution is -0.206. The lowest BCUT2D eigenvalue weighted by Gasteiger charge is -2.43. The van der Waals surface area contributed by atoms with Crippen LogP contribution in [0.4, 0.5) is 26.7 Å². The highest BCUT2D eigenvalue weighted by atomic mass is 35.5. The van der Waals surface area contributed by atoms with Crippen molar-refractivity contribution in [3.8, 4) is 0 Å². The predicted molar refractivity (Wildman–Crippen MR) is 95.5 cm³/mol. The minimum absolute atomic E-state index is 0.0397. The van der Waals surface area contributed by atoms with Gasteiger partial charge < -0.3 is 20.6 Å². The zero-order valence-corrected chi connectivity index (χ0v) is 16.2. The first-order chi connectivity index (χ1) is 14.0. The van der Waals surface area contributed by atoms with Crippen molar-refractivity contribution in [1.29, 1.82) is 0 Å². The fourth-order valence-corrected chi connectivity index (χ4v) is 3.96. The SMILES string of the molecule is O=C1NCCN(C(=O)N[C@H](c2ccc(F)c(Cl)c2F)[C@H]2C[C@H](C(F)(F)F)C2)[C@@H]1CO. The van der Waals surface area contributed by atoms with Gasteiger partial charge in [0, 0.05) is 18.7 Å². The molecule has 1 aromatic rings. The lowest BCUT2D eigenvalue weighted by Crippen LogP contribution is -2.61. The monoisotopic (exact) mass is 455 g/mol. The normalized spacial score (nSPS) is 25.4. The van der Waals surface area contributed by atoms with Crippen LogP contribution in [-0.2, 0) is 4.79 Å². The number of halogens is 6. The summed E-state index contributed by atoms with van der Waals surface area (Å²) in [5.74, 6) is -5.17. The van der Waals surface area contributed by atoms with Crippen LogP contribution in [-0.4, -0.2) is 53.9 Å². The molecule has 3 N–H and O–H groups in total. The number of amides is 3. The third-order valence-corrected chi connectivity index (χ3v) is 5.90. The van der Waals surface area contributed by atoms with E-state index < -0.39 is 65.3 Å². The largest absolute Gasteiger partial charge is 0.394 e. The van der Waals surface area contributed by atoms with Crippen molar-refractivity contribution in [2.45, 2.75) is 31.1 Å². The van der Waals surface area contributed by atoms with Crippen LogP contribution in [0.5, 0.6) is 0 Å². The van der Waals surface area contributed by atoms with E-state index in [1.54, 1.807) is 0 Å². The second-order valence-electron chi connectivity index (χ2n) is 7.34. The van der Waals surface area contributed by atoms with Crippen molar-refractivity contribution in [3.05, 3.63) is 34.4 Å². The summed E-state index contributed by atoms with van der Waals surface area (Å²) in [4.78, 5) is 25.6. The Bertz CT molecular complexity index is 832. The van der Waals surface area contributed by atoms with E-state index in [-0.39, 0.29) is 31.5 Å². The number of benzene rings is 1. The standard InChI is InChI=1S/C18H19ClF5N3O3/c19-13-11(20)2-1-10(14(13)21)15(8-5-9(6-8)18(22,23)24)26-17(30)27-4-3-25-16(29)12(27)7-28/h1-2,8-9,12,15,28H,3-7H2,(H,25,29)(H,26,30)/t8-,9-,12-,15+/m1/s1. The molecule has 0 bridgehead atoms. The van der Waals surface area contributed by atoms with Gasteiger partial charge in [-0.1, -0.05) is 17.7 Å². The molecule has 0 radical (unpaired) electrons. The second-order valence-corrected chi connectivity index (χ2v) is 7.72. The molecule has 0 unspecified atom stereocenters. The van der Waals surface area contributed by atoms with Gasteiger partial charge in [0.1, 0.15) is 22.7 Å². The first-order valence-electron chi connectivity index (χ1n) is 9.20. The number of hydrogen-bond acceptors (Lipinski definition) is 3. The molecule has 30 heavy (non-hydrogen) atoms. The predicted octanol–water partition coefficient (Wildman–Crippen LogP) is 2.75. The van der Waals surface area contributed by atoms with Gasteiger partial charge in [-0.25, -0.2) is 13.6 Å². The van der Waals surface area contributed by atoms with Crippen LogP contribution in [0.3, 0.4) is 0 Å². The number of hydrogen-bond donors (Lipinski definition) is 3. The van der Waals surface area contributed by atoms with Crippen LogP contribution in [0, 0.1) is 23.5 Å². The molecule has 0 aromatic heterocycles. The molecule has 1 aliphatic carbocycles. The zero-order chi connectivity index (χ0) is 22.2. The third kappa shape index (κ3) is 4.31. The number of rotatable bonds is 4. The van der Waals surface area contributed by atoms with Gasteiger partial charge in [0.25, 0.3) is 0 Å². The van der Waals surface area contributed by atoms with Crippen LogP contribution < -0.4 is 10.6 Å². The van der Waals surface area contributed by atoms with E-state index in [0.29, 0.717) is 0 Å². The molecule has 2 aliphatic rings. The van der Waals surface area contributed by atoms with Crippen molar-refractivity contribution in [2.24, 2.45) is 11.8 Å². The Morgan fingerprint density at radius 3 is 2.60 bits per heavy atom. The maximum Gasteiger partial charge on any atom is 0.391 e. The smallest absolute Gasteiger partial charge is 0.391 e. The van der Waals surface area contributed by atoms with Gasteiger partial charge in [-0.05, 0) is 24.8 Å². The van der Waals surface area contributed by atoms with Gasteiger partial charge in [-0.15, -0.1) is 0 Å². The van der Waals surface area contributed by atoms with Gasteiger partial charge >= 0.3 is 12.2 Å². The summed E-state index contributed by atoms with van der Waals surface area (Å²) >= 11 is 5.60. The molecule has 166 valence electrons. The highest BCUT2D eigenvalue weighted by Crippen LogP contribution is 2.50. The summed E-state index contributed by atoms with van der Waals surface area (Å²) in [5.41, 5.74) is -0.248. The lowest BCUT2D eigenvalue weighted by atomic mass is 9.69.